The number of hydrogen-bond acceptors (Lipinski definition) is 2. The molecule has 0 N–H and O–H groups in total. The van der Waals surface area contributed by atoms with Crippen molar-refractivity contribution in [2.24, 2.45) is 5.92 Å². The first-order chi connectivity index (χ1) is 12.3. The number of aryl methyl sites for hydroxylation is 1. The van der Waals surface area contributed by atoms with Crippen molar-refractivity contribution in [2.45, 2.75) is 52.2 Å². The molecule has 1 aliphatic rings. The van der Waals surface area contributed by atoms with Gasteiger partial charge < -0.3 is 9.47 Å². The molecule has 1 fully saturated rings. The minimum absolute atomic E-state index is 0.209. The van der Waals surface area contributed by atoms with E-state index in [1.807, 2.05) is 0 Å². The maximum absolute atomic E-state index is 5.97. The van der Waals surface area contributed by atoms with Gasteiger partial charge in [-0.1, -0.05) is 86.7 Å². The average Bonchev–Trinajstić information content (AvgIpc) is 2.67. The lowest BCUT2D eigenvalue weighted by molar-refractivity contribution is -0.206. The van der Waals surface area contributed by atoms with E-state index in [4.69, 9.17) is 9.47 Å². The Morgan fingerprint density at radius 1 is 0.800 bits per heavy atom. The highest BCUT2D eigenvalue weighted by Gasteiger charge is 2.23. The first-order valence-electron chi connectivity index (χ1n) is 9.66. The van der Waals surface area contributed by atoms with Crippen molar-refractivity contribution in [3.63, 3.8) is 0 Å². The summed E-state index contributed by atoms with van der Waals surface area (Å²) in [6.45, 7) is 6.00. The fourth-order valence-corrected chi connectivity index (χ4v) is 3.34. The van der Waals surface area contributed by atoms with Gasteiger partial charge in [-0.25, -0.2) is 0 Å². The number of ether oxygens (including phenoxy) is 2. The van der Waals surface area contributed by atoms with Crippen LogP contribution in [0.25, 0.3) is 11.1 Å². The van der Waals surface area contributed by atoms with Crippen LogP contribution in [0.5, 0.6) is 0 Å². The van der Waals surface area contributed by atoms with Crippen molar-refractivity contribution in [1.82, 2.24) is 0 Å². The summed E-state index contributed by atoms with van der Waals surface area (Å²) < 4.78 is 11.9. The molecule has 2 heteroatoms. The molecule has 0 aliphatic carbocycles. The molecule has 0 unspecified atom stereocenters. The van der Waals surface area contributed by atoms with Gasteiger partial charge in [0.2, 0.25) is 0 Å². The molecule has 0 amide bonds. The third-order valence-corrected chi connectivity index (χ3v) is 5.00. The van der Waals surface area contributed by atoms with E-state index >= 15 is 0 Å². The average molecular weight is 338 g/mol. The Kier molecular flexibility index (Phi) is 6.66. The van der Waals surface area contributed by atoms with E-state index < -0.39 is 0 Å². The van der Waals surface area contributed by atoms with Crippen LogP contribution in [-0.2, 0) is 9.47 Å². The topological polar surface area (TPSA) is 18.5 Å². The second kappa shape index (κ2) is 9.17. The molecule has 0 radical (unpaired) electrons. The van der Waals surface area contributed by atoms with Gasteiger partial charge >= 0.3 is 0 Å². The lowest BCUT2D eigenvalue weighted by atomic mass is 10.0. The molecular weight excluding hydrogens is 308 g/mol. The second-order valence-corrected chi connectivity index (χ2v) is 7.20. The number of hydrogen-bond donors (Lipinski definition) is 0. The highest BCUT2D eigenvalue weighted by atomic mass is 16.7. The van der Waals surface area contributed by atoms with E-state index in [9.17, 15) is 0 Å². The molecule has 0 saturated carbocycles. The summed E-state index contributed by atoms with van der Waals surface area (Å²) >= 11 is 0. The Labute approximate surface area is 152 Å². The normalized spacial score (nSPS) is 20.6. The molecule has 0 aromatic heterocycles. The molecule has 2 nitrogen and oxygen atoms in total. The summed E-state index contributed by atoms with van der Waals surface area (Å²) in [5, 5.41) is 0. The highest BCUT2D eigenvalue weighted by molar-refractivity contribution is 5.63. The van der Waals surface area contributed by atoms with Crippen molar-refractivity contribution in [3.05, 3.63) is 59.7 Å². The fraction of sp³-hybridized carbons (Fsp3) is 0.478. The molecule has 134 valence electrons. The van der Waals surface area contributed by atoms with Crippen molar-refractivity contribution >= 4 is 0 Å². The van der Waals surface area contributed by atoms with E-state index in [1.54, 1.807) is 0 Å². The van der Waals surface area contributed by atoms with E-state index in [1.165, 1.54) is 48.8 Å². The van der Waals surface area contributed by atoms with Gasteiger partial charge in [0.15, 0.2) is 6.29 Å². The maximum atomic E-state index is 5.97. The van der Waals surface area contributed by atoms with Crippen LogP contribution in [0, 0.1) is 12.8 Å². The molecular formula is C23H30O2. The zero-order valence-electron chi connectivity index (χ0n) is 15.5. The monoisotopic (exact) mass is 338 g/mol. The quantitative estimate of drug-likeness (QED) is 0.552. The van der Waals surface area contributed by atoms with Gasteiger partial charge in [-0.3, -0.25) is 0 Å². The molecule has 1 heterocycles. The third-order valence-electron chi connectivity index (χ3n) is 5.00. The maximum Gasteiger partial charge on any atom is 0.183 e. The van der Waals surface area contributed by atoms with Crippen LogP contribution in [-0.4, -0.2) is 13.2 Å². The van der Waals surface area contributed by atoms with Crippen LogP contribution in [0.3, 0.4) is 0 Å². The molecule has 2 aromatic rings. The molecule has 3 rings (SSSR count). The standard InChI is InChI=1S/C23H30O2/c1-3-4-5-6-7-19-16-24-23(25-17-19)22-14-12-21(13-15-22)20-10-8-18(2)9-11-20/h8-15,19,23H,3-7,16-17H2,1-2H3. The predicted molar refractivity (Wildman–Crippen MR) is 104 cm³/mol. The fourth-order valence-electron chi connectivity index (χ4n) is 3.34. The molecule has 2 aromatic carbocycles. The van der Waals surface area contributed by atoms with Crippen molar-refractivity contribution < 1.29 is 9.47 Å². The van der Waals surface area contributed by atoms with Crippen molar-refractivity contribution in [1.29, 1.82) is 0 Å². The molecule has 25 heavy (non-hydrogen) atoms. The van der Waals surface area contributed by atoms with Gasteiger partial charge in [0.05, 0.1) is 13.2 Å². The lowest BCUT2D eigenvalue weighted by Gasteiger charge is -2.29. The van der Waals surface area contributed by atoms with E-state index in [-0.39, 0.29) is 6.29 Å². The van der Waals surface area contributed by atoms with E-state index in [2.05, 4.69) is 62.4 Å². The molecule has 0 atom stereocenters. The Hall–Kier alpha value is -1.64. The smallest absolute Gasteiger partial charge is 0.183 e. The molecule has 1 saturated heterocycles. The SMILES string of the molecule is CCCCCCC1COC(c2ccc(-c3ccc(C)cc3)cc2)OC1. The summed E-state index contributed by atoms with van der Waals surface area (Å²) in [6.07, 6.45) is 6.26. The number of rotatable bonds is 7. The molecule has 0 spiro atoms. The van der Waals surface area contributed by atoms with Crippen LogP contribution in [0.1, 0.15) is 56.4 Å². The largest absolute Gasteiger partial charge is 0.348 e. The van der Waals surface area contributed by atoms with Crippen molar-refractivity contribution in [3.8, 4) is 11.1 Å². The van der Waals surface area contributed by atoms with Gasteiger partial charge in [-0.05, 0) is 24.5 Å². The predicted octanol–water partition coefficient (Wildman–Crippen LogP) is 6.29. The number of unbranched alkanes of at least 4 members (excludes halogenated alkanes) is 3. The van der Waals surface area contributed by atoms with Crippen LogP contribution in [0.15, 0.2) is 48.5 Å². The second-order valence-electron chi connectivity index (χ2n) is 7.20. The Morgan fingerprint density at radius 2 is 1.40 bits per heavy atom. The first-order valence-corrected chi connectivity index (χ1v) is 9.66. The van der Waals surface area contributed by atoms with Crippen LogP contribution < -0.4 is 0 Å². The first kappa shape index (κ1) is 18.2. The summed E-state index contributed by atoms with van der Waals surface area (Å²) in [7, 11) is 0. The van der Waals surface area contributed by atoms with Crippen LogP contribution in [0.2, 0.25) is 0 Å². The van der Waals surface area contributed by atoms with Gasteiger partial charge in [0.1, 0.15) is 0 Å². The zero-order valence-corrected chi connectivity index (χ0v) is 15.5. The summed E-state index contributed by atoms with van der Waals surface area (Å²) in [4.78, 5) is 0. The minimum Gasteiger partial charge on any atom is -0.348 e. The zero-order chi connectivity index (χ0) is 17.5. The summed E-state index contributed by atoms with van der Waals surface area (Å²) in [5.74, 6) is 0.555. The highest BCUT2D eigenvalue weighted by Crippen LogP contribution is 2.29. The Balaban J connectivity index is 1.51. The van der Waals surface area contributed by atoms with Crippen LogP contribution >= 0.6 is 0 Å². The minimum atomic E-state index is -0.209. The van der Waals surface area contributed by atoms with E-state index in [0.717, 1.165) is 18.8 Å². The van der Waals surface area contributed by atoms with Gasteiger partial charge in [0, 0.05) is 11.5 Å². The van der Waals surface area contributed by atoms with Gasteiger partial charge in [-0.2, -0.15) is 0 Å². The van der Waals surface area contributed by atoms with Gasteiger partial charge in [-0.15, -0.1) is 0 Å². The van der Waals surface area contributed by atoms with Crippen molar-refractivity contribution in [2.75, 3.05) is 13.2 Å². The Morgan fingerprint density at radius 3 is 2.00 bits per heavy atom. The van der Waals surface area contributed by atoms with E-state index in [0.29, 0.717) is 5.92 Å². The third kappa shape index (κ3) is 5.17. The lowest BCUT2D eigenvalue weighted by Crippen LogP contribution is -2.27. The van der Waals surface area contributed by atoms with Gasteiger partial charge in [0.25, 0.3) is 0 Å². The Bertz CT molecular complexity index is 622. The molecule has 0 bridgehead atoms. The molecule has 1 aliphatic heterocycles. The van der Waals surface area contributed by atoms with Crippen LogP contribution in [0.4, 0.5) is 0 Å². The summed E-state index contributed by atoms with van der Waals surface area (Å²) in [5.41, 5.74) is 4.87. The number of benzene rings is 2. The summed E-state index contributed by atoms with van der Waals surface area (Å²) in [6, 6.07) is 17.2.